The third-order valence-corrected chi connectivity index (χ3v) is 5.03. The molecule has 1 aliphatic rings. The number of esters is 1. The van der Waals surface area contributed by atoms with Crippen molar-refractivity contribution in [1.82, 2.24) is 0 Å². The molecule has 0 unspecified atom stereocenters. The molecule has 0 saturated heterocycles. The molecular weight excluding hydrogens is 316 g/mol. The quantitative estimate of drug-likeness (QED) is 0.471. The molecule has 4 heteroatoms. The molecule has 2 atom stereocenters. The normalized spacial score (nSPS) is 21.0. The minimum Gasteiger partial charge on any atom is -0.461 e. The SMILES string of the molecule is CC(C)=C[C@H]1[C@H](C(=O)OCc2cc(=O)oc3cc(C)ccc23)C1(C)C. The summed E-state index contributed by atoms with van der Waals surface area (Å²) in [5.41, 5.74) is 2.90. The van der Waals surface area contributed by atoms with E-state index >= 15 is 0 Å². The molecule has 132 valence electrons. The van der Waals surface area contributed by atoms with E-state index in [-0.39, 0.29) is 29.8 Å². The minimum atomic E-state index is -0.432. The van der Waals surface area contributed by atoms with Crippen molar-refractivity contribution in [3.05, 3.63) is 57.5 Å². The average molecular weight is 340 g/mol. The van der Waals surface area contributed by atoms with Gasteiger partial charge < -0.3 is 9.15 Å². The topological polar surface area (TPSA) is 56.5 Å². The maximum atomic E-state index is 12.5. The molecule has 0 bridgehead atoms. The van der Waals surface area contributed by atoms with E-state index in [9.17, 15) is 9.59 Å². The summed E-state index contributed by atoms with van der Waals surface area (Å²) in [6, 6.07) is 7.06. The Bertz CT molecular complexity index is 913. The first-order valence-corrected chi connectivity index (χ1v) is 8.55. The summed E-state index contributed by atoms with van der Waals surface area (Å²) in [6.07, 6.45) is 2.14. The van der Waals surface area contributed by atoms with Crippen LogP contribution in [0.25, 0.3) is 11.0 Å². The highest BCUT2D eigenvalue weighted by Gasteiger charge is 2.61. The van der Waals surface area contributed by atoms with E-state index in [0.29, 0.717) is 11.1 Å². The number of hydrogen-bond donors (Lipinski definition) is 0. The van der Waals surface area contributed by atoms with Crippen LogP contribution in [0.5, 0.6) is 0 Å². The van der Waals surface area contributed by atoms with Crippen molar-refractivity contribution in [2.75, 3.05) is 0 Å². The van der Waals surface area contributed by atoms with Crippen molar-refractivity contribution >= 4 is 16.9 Å². The minimum absolute atomic E-state index is 0.0801. The first kappa shape index (κ1) is 17.5. The van der Waals surface area contributed by atoms with Crippen molar-refractivity contribution in [2.24, 2.45) is 17.3 Å². The first-order valence-electron chi connectivity index (χ1n) is 8.55. The highest BCUT2D eigenvalue weighted by molar-refractivity contribution is 5.82. The number of carbonyl (C=O) groups excluding carboxylic acids is 1. The van der Waals surface area contributed by atoms with Gasteiger partial charge in [-0.3, -0.25) is 4.79 Å². The van der Waals surface area contributed by atoms with Crippen LogP contribution >= 0.6 is 0 Å². The van der Waals surface area contributed by atoms with E-state index in [1.807, 2.05) is 39.0 Å². The predicted octanol–water partition coefficient (Wildman–Crippen LogP) is 4.38. The monoisotopic (exact) mass is 340 g/mol. The number of rotatable bonds is 4. The van der Waals surface area contributed by atoms with Crippen LogP contribution in [-0.2, 0) is 16.1 Å². The molecule has 3 rings (SSSR count). The van der Waals surface area contributed by atoms with Gasteiger partial charge in [0.15, 0.2) is 0 Å². The largest absolute Gasteiger partial charge is 0.461 e. The highest BCUT2D eigenvalue weighted by Crippen LogP contribution is 2.59. The van der Waals surface area contributed by atoms with Gasteiger partial charge in [-0.15, -0.1) is 0 Å². The van der Waals surface area contributed by atoms with E-state index in [1.165, 1.54) is 11.6 Å². The average Bonchev–Trinajstić information content (AvgIpc) is 3.03. The van der Waals surface area contributed by atoms with Crippen molar-refractivity contribution in [3.63, 3.8) is 0 Å². The summed E-state index contributed by atoms with van der Waals surface area (Å²) in [5.74, 6) is -0.123. The molecule has 0 aliphatic heterocycles. The van der Waals surface area contributed by atoms with Crippen LogP contribution in [0.2, 0.25) is 0 Å². The van der Waals surface area contributed by atoms with Gasteiger partial charge in [-0.1, -0.05) is 37.6 Å². The highest BCUT2D eigenvalue weighted by atomic mass is 16.5. The molecule has 0 radical (unpaired) electrons. The van der Waals surface area contributed by atoms with Crippen LogP contribution in [0.3, 0.4) is 0 Å². The van der Waals surface area contributed by atoms with Crippen LogP contribution < -0.4 is 5.63 Å². The fourth-order valence-electron chi connectivity index (χ4n) is 3.49. The molecule has 1 heterocycles. The third kappa shape index (κ3) is 3.39. The second-order valence-corrected chi connectivity index (χ2v) is 7.77. The first-order chi connectivity index (χ1) is 11.7. The lowest BCUT2D eigenvalue weighted by molar-refractivity contribution is -0.147. The van der Waals surface area contributed by atoms with Gasteiger partial charge in [0.05, 0.1) is 5.92 Å². The number of fused-ring (bicyclic) bond motifs is 1. The van der Waals surface area contributed by atoms with E-state index in [2.05, 4.69) is 19.9 Å². The lowest BCUT2D eigenvalue weighted by atomic mass is 10.1. The summed E-state index contributed by atoms with van der Waals surface area (Å²) in [5, 5.41) is 0.800. The Morgan fingerprint density at radius 1 is 1.28 bits per heavy atom. The maximum absolute atomic E-state index is 12.5. The van der Waals surface area contributed by atoms with Crippen LogP contribution in [0.15, 0.2) is 45.1 Å². The number of ether oxygens (including phenoxy) is 1. The summed E-state index contributed by atoms with van der Waals surface area (Å²) in [7, 11) is 0. The van der Waals surface area contributed by atoms with Gasteiger partial charge in [0.2, 0.25) is 0 Å². The summed E-state index contributed by atoms with van der Waals surface area (Å²) < 4.78 is 10.8. The molecule has 1 aromatic heterocycles. The van der Waals surface area contributed by atoms with Gasteiger partial charge in [-0.2, -0.15) is 0 Å². The number of carbonyl (C=O) groups is 1. The Kier molecular flexibility index (Phi) is 4.31. The van der Waals surface area contributed by atoms with Gasteiger partial charge in [0.1, 0.15) is 12.2 Å². The molecule has 1 saturated carbocycles. The zero-order valence-corrected chi connectivity index (χ0v) is 15.4. The fourth-order valence-corrected chi connectivity index (χ4v) is 3.49. The van der Waals surface area contributed by atoms with Crippen LogP contribution in [0.1, 0.15) is 38.8 Å². The lowest BCUT2D eigenvalue weighted by Gasteiger charge is -2.08. The second-order valence-electron chi connectivity index (χ2n) is 7.77. The summed E-state index contributed by atoms with van der Waals surface area (Å²) in [4.78, 5) is 24.3. The Morgan fingerprint density at radius 3 is 2.68 bits per heavy atom. The standard InChI is InChI=1S/C21H24O4/c1-12(2)8-16-19(21(16,4)5)20(23)24-11-14-10-18(22)25-17-9-13(3)6-7-15(14)17/h6-10,16,19H,11H2,1-5H3/t16-,19+/m0/s1. The van der Waals surface area contributed by atoms with Crippen LogP contribution in [-0.4, -0.2) is 5.97 Å². The Labute approximate surface area is 147 Å². The Morgan fingerprint density at radius 2 is 2.00 bits per heavy atom. The second kappa shape index (κ2) is 6.17. The molecule has 1 aromatic carbocycles. The Hall–Kier alpha value is -2.36. The number of hydrogen-bond acceptors (Lipinski definition) is 4. The van der Waals surface area contributed by atoms with E-state index in [0.717, 1.165) is 10.9 Å². The smallest absolute Gasteiger partial charge is 0.336 e. The van der Waals surface area contributed by atoms with Crippen molar-refractivity contribution < 1.29 is 13.9 Å². The number of benzene rings is 1. The fraction of sp³-hybridized carbons (Fsp3) is 0.429. The third-order valence-electron chi connectivity index (χ3n) is 5.03. The van der Waals surface area contributed by atoms with Crippen molar-refractivity contribution in [2.45, 2.75) is 41.2 Å². The molecule has 1 fully saturated rings. The van der Waals surface area contributed by atoms with E-state index in [4.69, 9.17) is 9.15 Å². The number of allylic oxidation sites excluding steroid dienone is 2. The van der Waals surface area contributed by atoms with Gasteiger partial charge in [0, 0.05) is 17.0 Å². The summed E-state index contributed by atoms with van der Waals surface area (Å²) >= 11 is 0. The van der Waals surface area contributed by atoms with E-state index < -0.39 is 5.63 Å². The molecule has 2 aromatic rings. The van der Waals surface area contributed by atoms with Gasteiger partial charge in [-0.25, -0.2) is 4.79 Å². The van der Waals surface area contributed by atoms with Crippen LogP contribution in [0.4, 0.5) is 0 Å². The van der Waals surface area contributed by atoms with Gasteiger partial charge in [-0.05, 0) is 43.7 Å². The zero-order chi connectivity index (χ0) is 18.4. The lowest BCUT2D eigenvalue weighted by Crippen LogP contribution is -2.12. The van der Waals surface area contributed by atoms with Gasteiger partial charge >= 0.3 is 11.6 Å². The molecule has 0 spiro atoms. The van der Waals surface area contributed by atoms with Gasteiger partial charge in [0.25, 0.3) is 0 Å². The molecule has 0 amide bonds. The Balaban J connectivity index is 1.79. The zero-order valence-electron chi connectivity index (χ0n) is 15.4. The van der Waals surface area contributed by atoms with Crippen LogP contribution in [0, 0.1) is 24.2 Å². The molecular formula is C21H24O4. The molecule has 1 aliphatic carbocycles. The molecule has 0 N–H and O–H groups in total. The molecule has 25 heavy (non-hydrogen) atoms. The predicted molar refractivity (Wildman–Crippen MR) is 97.2 cm³/mol. The molecule has 4 nitrogen and oxygen atoms in total. The summed E-state index contributed by atoms with van der Waals surface area (Å²) in [6.45, 7) is 10.3. The van der Waals surface area contributed by atoms with E-state index in [1.54, 1.807) is 0 Å². The number of aryl methyl sites for hydroxylation is 1. The van der Waals surface area contributed by atoms with Crippen molar-refractivity contribution in [1.29, 1.82) is 0 Å². The van der Waals surface area contributed by atoms with Crippen molar-refractivity contribution in [3.8, 4) is 0 Å². The maximum Gasteiger partial charge on any atom is 0.336 e.